The van der Waals surface area contributed by atoms with Gasteiger partial charge in [-0.3, -0.25) is 9.59 Å². The zero-order valence-electron chi connectivity index (χ0n) is 23.9. The highest BCUT2D eigenvalue weighted by atomic mass is 16.4. The number of nitrogens with zero attached hydrogens (tertiary/aromatic N) is 2. The predicted molar refractivity (Wildman–Crippen MR) is 163 cm³/mol. The molecular weight excluding hydrogens is 524 g/mol. The molecule has 214 valence electrons. The summed E-state index contributed by atoms with van der Waals surface area (Å²) < 4.78 is 0. The Kier molecular flexibility index (Phi) is 8.82. The summed E-state index contributed by atoms with van der Waals surface area (Å²) in [6.07, 6.45) is 0.573. The van der Waals surface area contributed by atoms with Crippen molar-refractivity contribution >= 4 is 17.8 Å². The van der Waals surface area contributed by atoms with Crippen LogP contribution in [0, 0.1) is 0 Å². The average molecular weight is 561 g/mol. The van der Waals surface area contributed by atoms with Crippen molar-refractivity contribution in [3.05, 3.63) is 144 Å². The number of amides is 2. The first kappa shape index (κ1) is 28.8. The fourth-order valence-electron chi connectivity index (χ4n) is 6.30. The molecule has 0 unspecified atom stereocenters. The van der Waals surface area contributed by atoms with E-state index < -0.39 is 29.9 Å². The molecule has 0 radical (unpaired) electrons. The molecule has 6 nitrogen and oxygen atoms in total. The number of hydrogen-bond donors (Lipinski definition) is 1. The third-order valence-corrected chi connectivity index (χ3v) is 8.32. The molecule has 1 N–H and O–H groups in total. The molecular formula is C36H36N2O4. The van der Waals surface area contributed by atoms with Crippen molar-refractivity contribution in [3.8, 4) is 0 Å². The van der Waals surface area contributed by atoms with E-state index in [0.717, 1.165) is 22.3 Å². The number of carbonyl (C=O) groups excluding carboxylic acids is 2. The van der Waals surface area contributed by atoms with Gasteiger partial charge in [-0.15, -0.1) is 0 Å². The zero-order valence-corrected chi connectivity index (χ0v) is 23.9. The van der Waals surface area contributed by atoms with Crippen LogP contribution >= 0.6 is 0 Å². The first-order valence-corrected chi connectivity index (χ1v) is 14.5. The second-order valence-electron chi connectivity index (χ2n) is 10.8. The van der Waals surface area contributed by atoms with Crippen molar-refractivity contribution in [2.24, 2.45) is 0 Å². The van der Waals surface area contributed by atoms with Gasteiger partial charge in [0, 0.05) is 12.6 Å². The van der Waals surface area contributed by atoms with Crippen LogP contribution in [0.5, 0.6) is 0 Å². The summed E-state index contributed by atoms with van der Waals surface area (Å²) in [5.41, 5.74) is 3.28. The van der Waals surface area contributed by atoms with Crippen LogP contribution < -0.4 is 0 Å². The summed E-state index contributed by atoms with van der Waals surface area (Å²) in [6, 6.07) is 35.8. The maximum Gasteiger partial charge on any atom is 0.328 e. The molecule has 42 heavy (non-hydrogen) atoms. The lowest BCUT2D eigenvalue weighted by Gasteiger charge is -2.50. The van der Waals surface area contributed by atoms with E-state index in [1.54, 1.807) is 11.8 Å². The summed E-state index contributed by atoms with van der Waals surface area (Å²) in [7, 11) is 0. The molecule has 5 rings (SSSR count). The van der Waals surface area contributed by atoms with Crippen LogP contribution in [-0.2, 0) is 14.4 Å². The molecule has 3 atom stereocenters. The number of benzene rings is 4. The molecule has 0 aliphatic carbocycles. The third kappa shape index (κ3) is 5.70. The van der Waals surface area contributed by atoms with E-state index in [9.17, 15) is 19.5 Å². The lowest BCUT2D eigenvalue weighted by Crippen LogP contribution is -2.68. The normalized spacial score (nSPS) is 18.7. The molecule has 1 aliphatic rings. The number of rotatable bonds is 8. The molecule has 1 heterocycles. The van der Waals surface area contributed by atoms with Gasteiger partial charge in [0.25, 0.3) is 0 Å². The van der Waals surface area contributed by atoms with Gasteiger partial charge in [-0.25, -0.2) is 4.79 Å². The quantitative estimate of drug-likeness (QED) is 0.289. The second-order valence-corrected chi connectivity index (χ2v) is 10.8. The van der Waals surface area contributed by atoms with Crippen LogP contribution in [-0.4, -0.2) is 57.4 Å². The minimum atomic E-state index is -1.20. The number of carbonyl (C=O) groups is 3. The van der Waals surface area contributed by atoms with Gasteiger partial charge in [-0.05, 0) is 35.6 Å². The van der Waals surface area contributed by atoms with Gasteiger partial charge in [-0.1, -0.05) is 128 Å². The van der Waals surface area contributed by atoms with E-state index in [4.69, 9.17) is 0 Å². The summed E-state index contributed by atoms with van der Waals surface area (Å²) in [6.45, 7) is 3.87. The van der Waals surface area contributed by atoms with Crippen LogP contribution in [0.25, 0.3) is 0 Å². The SMILES string of the molecule is CC[C@H]1CN(C(=O)C(c2ccccc2)c2ccccc2)[C@H](C(=O)O)[C@@H](C)N1C(=O)C(c1ccccc1)c1ccccc1. The van der Waals surface area contributed by atoms with E-state index in [1.165, 1.54) is 4.90 Å². The van der Waals surface area contributed by atoms with E-state index >= 15 is 0 Å². The molecule has 0 aromatic heterocycles. The molecule has 0 saturated carbocycles. The molecule has 0 bridgehead atoms. The number of piperazine rings is 1. The second kappa shape index (κ2) is 12.9. The van der Waals surface area contributed by atoms with Crippen LogP contribution in [0.4, 0.5) is 0 Å². The Labute approximate surface area is 247 Å². The number of hydrogen-bond acceptors (Lipinski definition) is 3. The van der Waals surface area contributed by atoms with Gasteiger partial charge in [0.2, 0.25) is 11.8 Å². The smallest absolute Gasteiger partial charge is 0.328 e. The summed E-state index contributed by atoms with van der Waals surface area (Å²) in [5.74, 6) is -2.82. The molecule has 0 spiro atoms. The Bertz CT molecular complexity index is 1420. The van der Waals surface area contributed by atoms with Gasteiger partial charge in [-0.2, -0.15) is 0 Å². The maximum atomic E-state index is 14.5. The first-order chi connectivity index (χ1) is 20.4. The highest BCUT2D eigenvalue weighted by molar-refractivity contribution is 5.93. The molecule has 1 aliphatic heterocycles. The van der Waals surface area contributed by atoms with Crippen molar-refractivity contribution in [2.45, 2.75) is 50.2 Å². The molecule has 2 amide bonds. The van der Waals surface area contributed by atoms with Crippen molar-refractivity contribution in [1.82, 2.24) is 9.80 Å². The molecule has 1 fully saturated rings. The average Bonchev–Trinajstić information content (AvgIpc) is 3.02. The number of carboxylic acid groups (broad SMARTS) is 1. The van der Waals surface area contributed by atoms with Crippen LogP contribution in [0.15, 0.2) is 121 Å². The fourth-order valence-corrected chi connectivity index (χ4v) is 6.30. The van der Waals surface area contributed by atoms with Crippen molar-refractivity contribution in [2.75, 3.05) is 6.54 Å². The lowest BCUT2D eigenvalue weighted by atomic mass is 9.85. The third-order valence-electron chi connectivity index (χ3n) is 8.32. The fraction of sp³-hybridized carbons (Fsp3) is 0.250. The Morgan fingerprint density at radius 2 is 1.02 bits per heavy atom. The summed E-state index contributed by atoms with van der Waals surface area (Å²) in [5, 5.41) is 10.6. The Morgan fingerprint density at radius 1 is 0.667 bits per heavy atom. The van der Waals surface area contributed by atoms with Gasteiger partial charge in [0.15, 0.2) is 0 Å². The minimum absolute atomic E-state index is 0.134. The standard InChI is InChI=1S/C36H36N2O4/c1-3-30-24-37(34(39)31(26-16-8-4-9-17-26)27-18-10-5-11-19-27)33(36(41)42)25(2)38(30)35(40)32(28-20-12-6-13-21-28)29-22-14-7-15-23-29/h4-23,25,30-33H,3,24H2,1-2H3,(H,41,42)/t25-,30+,33+/m1/s1. The van der Waals surface area contributed by atoms with Gasteiger partial charge in [0.05, 0.1) is 17.9 Å². The van der Waals surface area contributed by atoms with Crippen molar-refractivity contribution in [1.29, 1.82) is 0 Å². The molecule has 6 heteroatoms. The van der Waals surface area contributed by atoms with E-state index in [0.29, 0.717) is 6.42 Å². The maximum absolute atomic E-state index is 14.5. The minimum Gasteiger partial charge on any atom is -0.480 e. The van der Waals surface area contributed by atoms with Crippen molar-refractivity contribution < 1.29 is 19.5 Å². The number of carboxylic acids is 1. The van der Waals surface area contributed by atoms with Crippen LogP contribution in [0.1, 0.15) is 54.4 Å². The topological polar surface area (TPSA) is 77.9 Å². The summed E-state index contributed by atoms with van der Waals surface area (Å²) >= 11 is 0. The molecule has 4 aromatic carbocycles. The largest absolute Gasteiger partial charge is 0.480 e. The van der Waals surface area contributed by atoms with Gasteiger partial charge in [0.1, 0.15) is 6.04 Å². The van der Waals surface area contributed by atoms with E-state index in [2.05, 4.69) is 0 Å². The van der Waals surface area contributed by atoms with Gasteiger partial charge < -0.3 is 14.9 Å². The highest BCUT2D eigenvalue weighted by Crippen LogP contribution is 2.35. The Morgan fingerprint density at radius 3 is 1.36 bits per heavy atom. The van der Waals surface area contributed by atoms with Crippen molar-refractivity contribution in [3.63, 3.8) is 0 Å². The number of aliphatic carboxylic acids is 1. The Hall–Kier alpha value is -4.71. The monoisotopic (exact) mass is 560 g/mol. The summed E-state index contributed by atoms with van der Waals surface area (Å²) in [4.78, 5) is 45.1. The Balaban J connectivity index is 1.54. The highest BCUT2D eigenvalue weighted by Gasteiger charge is 2.49. The van der Waals surface area contributed by atoms with Crippen LogP contribution in [0.2, 0.25) is 0 Å². The van der Waals surface area contributed by atoms with Gasteiger partial charge >= 0.3 is 5.97 Å². The predicted octanol–water partition coefficient (Wildman–Crippen LogP) is 5.94. The zero-order chi connectivity index (χ0) is 29.6. The molecule has 4 aromatic rings. The van der Waals surface area contributed by atoms with E-state index in [1.807, 2.05) is 128 Å². The lowest BCUT2D eigenvalue weighted by molar-refractivity contribution is -0.164. The molecule has 1 saturated heterocycles. The first-order valence-electron chi connectivity index (χ1n) is 14.5. The van der Waals surface area contributed by atoms with Crippen LogP contribution in [0.3, 0.4) is 0 Å². The van der Waals surface area contributed by atoms with E-state index in [-0.39, 0.29) is 24.4 Å².